The molecule has 0 amide bonds. The van der Waals surface area contributed by atoms with Crippen LogP contribution in [0.3, 0.4) is 0 Å². The van der Waals surface area contributed by atoms with Gasteiger partial charge in [-0.15, -0.1) is 0 Å². The highest BCUT2D eigenvalue weighted by atomic mass is 16.3. The summed E-state index contributed by atoms with van der Waals surface area (Å²) in [4.78, 5) is 4.45. The van der Waals surface area contributed by atoms with Crippen LogP contribution in [0.4, 0.5) is 0 Å². The molecule has 2 aromatic rings. The van der Waals surface area contributed by atoms with Gasteiger partial charge in [-0.1, -0.05) is 30.3 Å². The first kappa shape index (κ1) is 9.87. The molecule has 1 N–H and O–H groups in total. The monoisotopic (exact) mass is 199 g/mol. The number of aliphatic hydroxyl groups is 1. The Morgan fingerprint density at radius 1 is 1.20 bits per heavy atom. The van der Waals surface area contributed by atoms with Gasteiger partial charge in [-0.3, -0.25) is 0 Å². The smallest absolute Gasteiger partial charge is 0.0709 e. The van der Waals surface area contributed by atoms with Gasteiger partial charge in [0.05, 0.1) is 17.3 Å². The van der Waals surface area contributed by atoms with Crippen LogP contribution in [0.5, 0.6) is 0 Å². The SMILES string of the molecule is C[C@H](O)C=Cc1ccc2ccccc2n1. The summed E-state index contributed by atoms with van der Waals surface area (Å²) in [5, 5.41) is 10.2. The molecule has 0 fully saturated rings. The molecule has 2 nitrogen and oxygen atoms in total. The highest BCUT2D eigenvalue weighted by Gasteiger charge is 1.94. The molecular weight excluding hydrogens is 186 g/mol. The van der Waals surface area contributed by atoms with Crippen molar-refractivity contribution in [3.63, 3.8) is 0 Å². The Morgan fingerprint density at radius 3 is 2.80 bits per heavy atom. The molecule has 0 aliphatic carbocycles. The van der Waals surface area contributed by atoms with Crippen LogP contribution in [0, 0.1) is 0 Å². The quantitative estimate of drug-likeness (QED) is 0.806. The number of benzene rings is 1. The first-order chi connectivity index (χ1) is 7.25. The molecule has 76 valence electrons. The summed E-state index contributed by atoms with van der Waals surface area (Å²) in [6.45, 7) is 1.72. The van der Waals surface area contributed by atoms with E-state index in [0.29, 0.717) is 0 Å². The van der Waals surface area contributed by atoms with Gasteiger partial charge in [-0.25, -0.2) is 4.98 Å². The van der Waals surface area contributed by atoms with Gasteiger partial charge in [0, 0.05) is 5.39 Å². The van der Waals surface area contributed by atoms with Gasteiger partial charge >= 0.3 is 0 Å². The van der Waals surface area contributed by atoms with Crippen molar-refractivity contribution in [3.8, 4) is 0 Å². The van der Waals surface area contributed by atoms with Crippen LogP contribution in [0.2, 0.25) is 0 Å². The molecule has 15 heavy (non-hydrogen) atoms. The Hall–Kier alpha value is -1.67. The standard InChI is InChI=1S/C13H13NO/c1-10(15)6-8-12-9-7-11-4-2-3-5-13(11)14-12/h2-10,15H,1H3/t10-/m0/s1. The summed E-state index contributed by atoms with van der Waals surface area (Å²) in [5.74, 6) is 0. The summed E-state index contributed by atoms with van der Waals surface area (Å²) in [6, 6.07) is 12.0. The minimum atomic E-state index is -0.432. The minimum Gasteiger partial charge on any atom is -0.389 e. The molecule has 0 unspecified atom stereocenters. The number of aliphatic hydroxyl groups excluding tert-OH is 1. The van der Waals surface area contributed by atoms with Gasteiger partial charge in [-0.2, -0.15) is 0 Å². The van der Waals surface area contributed by atoms with Crippen molar-refractivity contribution in [1.29, 1.82) is 0 Å². The number of para-hydroxylation sites is 1. The Labute approximate surface area is 88.9 Å². The molecule has 0 aliphatic rings. The van der Waals surface area contributed by atoms with Gasteiger partial charge in [0.2, 0.25) is 0 Å². The number of hydrogen-bond acceptors (Lipinski definition) is 2. The Balaban J connectivity index is 2.39. The fourth-order valence-corrected chi connectivity index (χ4v) is 1.41. The largest absolute Gasteiger partial charge is 0.389 e. The normalized spacial score (nSPS) is 13.5. The third-order valence-corrected chi connectivity index (χ3v) is 2.17. The van der Waals surface area contributed by atoms with Gasteiger partial charge in [0.15, 0.2) is 0 Å². The van der Waals surface area contributed by atoms with Gasteiger partial charge in [0.25, 0.3) is 0 Å². The predicted molar refractivity (Wildman–Crippen MR) is 62.5 cm³/mol. The molecular formula is C13H13NO. The number of pyridine rings is 1. The zero-order valence-corrected chi connectivity index (χ0v) is 8.59. The van der Waals surface area contributed by atoms with Crippen LogP contribution in [0.25, 0.3) is 17.0 Å². The van der Waals surface area contributed by atoms with E-state index in [9.17, 15) is 0 Å². The van der Waals surface area contributed by atoms with Crippen molar-refractivity contribution in [2.75, 3.05) is 0 Å². The second-order valence-electron chi connectivity index (χ2n) is 3.53. The van der Waals surface area contributed by atoms with E-state index >= 15 is 0 Å². The number of rotatable bonds is 2. The molecule has 0 radical (unpaired) electrons. The highest BCUT2D eigenvalue weighted by molar-refractivity contribution is 5.79. The fourth-order valence-electron chi connectivity index (χ4n) is 1.41. The van der Waals surface area contributed by atoms with Crippen molar-refractivity contribution in [1.82, 2.24) is 4.98 Å². The summed E-state index contributed by atoms with van der Waals surface area (Å²) in [6.07, 6.45) is 3.12. The predicted octanol–water partition coefficient (Wildman–Crippen LogP) is 2.63. The van der Waals surface area contributed by atoms with Gasteiger partial charge in [-0.05, 0) is 25.1 Å². The van der Waals surface area contributed by atoms with Crippen LogP contribution in [0.1, 0.15) is 12.6 Å². The van der Waals surface area contributed by atoms with E-state index in [4.69, 9.17) is 5.11 Å². The lowest BCUT2D eigenvalue weighted by Gasteiger charge is -1.98. The molecule has 1 aromatic heterocycles. The number of nitrogens with zero attached hydrogens (tertiary/aromatic N) is 1. The molecule has 0 aliphatic heterocycles. The molecule has 2 rings (SSSR count). The third-order valence-electron chi connectivity index (χ3n) is 2.17. The van der Waals surface area contributed by atoms with Crippen molar-refractivity contribution in [2.45, 2.75) is 13.0 Å². The summed E-state index contributed by atoms with van der Waals surface area (Å²) >= 11 is 0. The average Bonchev–Trinajstić information content (AvgIpc) is 2.26. The highest BCUT2D eigenvalue weighted by Crippen LogP contribution is 2.12. The molecule has 0 saturated carbocycles. The molecule has 1 atom stereocenters. The lowest BCUT2D eigenvalue weighted by atomic mass is 10.2. The van der Waals surface area contributed by atoms with E-state index < -0.39 is 6.10 Å². The lowest BCUT2D eigenvalue weighted by Crippen LogP contribution is -1.92. The number of fused-ring (bicyclic) bond motifs is 1. The van der Waals surface area contributed by atoms with Crippen molar-refractivity contribution < 1.29 is 5.11 Å². The van der Waals surface area contributed by atoms with Crippen molar-refractivity contribution in [3.05, 3.63) is 48.2 Å². The van der Waals surface area contributed by atoms with E-state index in [0.717, 1.165) is 16.6 Å². The molecule has 1 aromatic carbocycles. The van der Waals surface area contributed by atoms with E-state index in [2.05, 4.69) is 4.98 Å². The molecule has 0 saturated heterocycles. The zero-order chi connectivity index (χ0) is 10.7. The van der Waals surface area contributed by atoms with Crippen LogP contribution in [-0.4, -0.2) is 16.2 Å². The molecule has 1 heterocycles. The zero-order valence-electron chi connectivity index (χ0n) is 8.59. The van der Waals surface area contributed by atoms with Gasteiger partial charge in [0.1, 0.15) is 0 Å². The topological polar surface area (TPSA) is 33.1 Å². The average molecular weight is 199 g/mol. The second kappa shape index (κ2) is 4.24. The third kappa shape index (κ3) is 2.42. The van der Waals surface area contributed by atoms with E-state index in [-0.39, 0.29) is 0 Å². The Kier molecular flexibility index (Phi) is 2.79. The van der Waals surface area contributed by atoms with Gasteiger partial charge < -0.3 is 5.11 Å². The van der Waals surface area contributed by atoms with Crippen molar-refractivity contribution in [2.24, 2.45) is 0 Å². The fraction of sp³-hybridized carbons (Fsp3) is 0.154. The summed E-state index contributed by atoms with van der Waals surface area (Å²) in [5.41, 5.74) is 1.85. The maximum absolute atomic E-state index is 9.11. The Morgan fingerprint density at radius 2 is 2.00 bits per heavy atom. The molecule has 0 bridgehead atoms. The molecule has 2 heteroatoms. The molecule has 0 spiro atoms. The first-order valence-electron chi connectivity index (χ1n) is 4.98. The van der Waals surface area contributed by atoms with E-state index in [1.54, 1.807) is 13.0 Å². The van der Waals surface area contributed by atoms with Crippen LogP contribution in [0.15, 0.2) is 42.5 Å². The van der Waals surface area contributed by atoms with Crippen molar-refractivity contribution >= 4 is 17.0 Å². The number of aromatic nitrogens is 1. The summed E-state index contributed by atoms with van der Waals surface area (Å²) in [7, 11) is 0. The first-order valence-corrected chi connectivity index (χ1v) is 4.98. The van der Waals surface area contributed by atoms with Crippen LogP contribution in [-0.2, 0) is 0 Å². The second-order valence-corrected chi connectivity index (χ2v) is 3.53. The van der Waals surface area contributed by atoms with E-state index in [1.807, 2.05) is 42.5 Å². The number of hydrogen-bond donors (Lipinski definition) is 1. The van der Waals surface area contributed by atoms with Crippen LogP contribution < -0.4 is 0 Å². The summed E-state index contributed by atoms with van der Waals surface area (Å²) < 4.78 is 0. The maximum Gasteiger partial charge on any atom is 0.0709 e. The minimum absolute atomic E-state index is 0.432. The maximum atomic E-state index is 9.11. The Bertz CT molecular complexity index is 489. The van der Waals surface area contributed by atoms with E-state index in [1.165, 1.54) is 0 Å². The van der Waals surface area contributed by atoms with Crippen LogP contribution >= 0.6 is 0 Å². The lowest BCUT2D eigenvalue weighted by molar-refractivity contribution is 0.245.